The van der Waals surface area contributed by atoms with Crippen molar-refractivity contribution in [3.8, 4) is 5.75 Å². The van der Waals surface area contributed by atoms with E-state index in [1.807, 2.05) is 0 Å². The lowest BCUT2D eigenvalue weighted by molar-refractivity contribution is 0.315. The minimum absolute atomic E-state index is 0.320. The molecule has 0 aliphatic carbocycles. The number of nitrogens with zero attached hydrogens (tertiary/aromatic N) is 3. The number of benzene rings is 1. The number of aryl methyl sites for hydroxylation is 2. The highest BCUT2D eigenvalue weighted by atomic mass is 16.5. The van der Waals surface area contributed by atoms with Crippen LogP contribution < -0.4 is 10.1 Å². The summed E-state index contributed by atoms with van der Waals surface area (Å²) in [4.78, 5) is 0. The fourth-order valence-electron chi connectivity index (χ4n) is 3.80. The zero-order valence-corrected chi connectivity index (χ0v) is 14.4. The van der Waals surface area contributed by atoms with Crippen LogP contribution in [0.5, 0.6) is 5.75 Å². The van der Waals surface area contributed by atoms with E-state index in [0.29, 0.717) is 6.04 Å². The third kappa shape index (κ3) is 3.18. The van der Waals surface area contributed by atoms with Crippen molar-refractivity contribution in [3.05, 3.63) is 41.0 Å². The number of fused-ring (bicyclic) bond motifs is 2. The van der Waals surface area contributed by atoms with Gasteiger partial charge >= 0.3 is 0 Å². The van der Waals surface area contributed by atoms with Gasteiger partial charge in [0.15, 0.2) is 0 Å². The lowest BCUT2D eigenvalue weighted by atomic mass is 10.00. The number of hydrogen-bond acceptors (Lipinski definition) is 4. The molecule has 0 spiro atoms. The van der Waals surface area contributed by atoms with Crippen molar-refractivity contribution < 1.29 is 4.74 Å². The lowest BCUT2D eigenvalue weighted by Crippen LogP contribution is -2.23. The third-order valence-electron chi connectivity index (χ3n) is 5.13. The van der Waals surface area contributed by atoms with Crippen LogP contribution in [-0.2, 0) is 19.5 Å². The van der Waals surface area contributed by atoms with Gasteiger partial charge in [0.1, 0.15) is 17.4 Å². The highest BCUT2D eigenvalue weighted by Gasteiger charge is 2.21. The van der Waals surface area contributed by atoms with E-state index < -0.39 is 0 Å². The van der Waals surface area contributed by atoms with Crippen molar-refractivity contribution in [2.24, 2.45) is 0 Å². The van der Waals surface area contributed by atoms with Crippen LogP contribution >= 0.6 is 0 Å². The second-order valence-corrected chi connectivity index (χ2v) is 6.96. The maximum Gasteiger partial charge on any atom is 0.147 e. The van der Waals surface area contributed by atoms with Crippen LogP contribution in [0.15, 0.2) is 18.2 Å². The van der Waals surface area contributed by atoms with Crippen LogP contribution in [0.2, 0.25) is 0 Å². The van der Waals surface area contributed by atoms with Gasteiger partial charge in [-0.1, -0.05) is 24.1 Å². The zero-order valence-electron chi connectivity index (χ0n) is 14.4. The first-order valence-electron chi connectivity index (χ1n) is 9.19. The summed E-state index contributed by atoms with van der Waals surface area (Å²) >= 11 is 0. The van der Waals surface area contributed by atoms with Crippen molar-refractivity contribution in [1.82, 2.24) is 20.1 Å². The van der Waals surface area contributed by atoms with Crippen LogP contribution in [0.3, 0.4) is 0 Å². The largest absolute Gasteiger partial charge is 0.493 e. The number of rotatable bonds is 3. The first kappa shape index (κ1) is 15.6. The second-order valence-electron chi connectivity index (χ2n) is 6.96. The van der Waals surface area contributed by atoms with Crippen LogP contribution in [0.4, 0.5) is 0 Å². The Balaban J connectivity index is 1.52. The third-order valence-corrected chi connectivity index (χ3v) is 5.13. The fraction of sp³-hybridized carbons (Fsp3) is 0.579. The Hall–Kier alpha value is -1.88. The average molecular weight is 326 g/mol. The first-order valence-corrected chi connectivity index (χ1v) is 9.19. The van der Waals surface area contributed by atoms with Gasteiger partial charge in [0.2, 0.25) is 0 Å². The minimum atomic E-state index is 0.320. The Bertz CT molecular complexity index is 709. The van der Waals surface area contributed by atoms with Crippen LogP contribution in [0.25, 0.3) is 0 Å². The normalized spacial score (nSPS) is 20.5. The molecule has 128 valence electrons. The van der Waals surface area contributed by atoms with E-state index in [9.17, 15) is 0 Å². The van der Waals surface area contributed by atoms with E-state index in [1.165, 1.54) is 30.4 Å². The van der Waals surface area contributed by atoms with Gasteiger partial charge in [-0.2, -0.15) is 0 Å². The lowest BCUT2D eigenvalue weighted by Gasteiger charge is -2.19. The van der Waals surface area contributed by atoms with E-state index in [0.717, 1.165) is 56.4 Å². The molecule has 2 aromatic rings. The molecule has 0 radical (unpaired) electrons. The van der Waals surface area contributed by atoms with Gasteiger partial charge in [-0.05, 0) is 38.7 Å². The molecule has 0 saturated carbocycles. The molecule has 1 aromatic heterocycles. The summed E-state index contributed by atoms with van der Waals surface area (Å²) in [6.07, 6.45) is 6.99. The van der Waals surface area contributed by atoms with Gasteiger partial charge in [-0.3, -0.25) is 0 Å². The van der Waals surface area contributed by atoms with Crippen LogP contribution in [0.1, 0.15) is 60.9 Å². The van der Waals surface area contributed by atoms with Gasteiger partial charge in [-0.25, -0.2) is 0 Å². The molecule has 5 heteroatoms. The molecule has 0 amide bonds. The summed E-state index contributed by atoms with van der Waals surface area (Å²) in [6.45, 7) is 4.77. The SMILES string of the molecule is Cc1ccc2c(c1)[C@H](NCc1nnc3n1CCCCC3)CCCO2. The van der Waals surface area contributed by atoms with E-state index in [2.05, 4.69) is 45.2 Å². The Kier molecular flexibility index (Phi) is 4.52. The Labute approximate surface area is 143 Å². The van der Waals surface area contributed by atoms with Crippen molar-refractivity contribution in [2.45, 2.75) is 64.6 Å². The van der Waals surface area contributed by atoms with Gasteiger partial charge in [0.25, 0.3) is 0 Å². The van der Waals surface area contributed by atoms with Gasteiger partial charge in [0.05, 0.1) is 13.2 Å². The number of hydrogen-bond donors (Lipinski definition) is 1. The highest BCUT2D eigenvalue weighted by molar-refractivity contribution is 5.39. The Morgan fingerprint density at radius 1 is 1.21 bits per heavy atom. The quantitative estimate of drug-likeness (QED) is 0.940. The summed E-state index contributed by atoms with van der Waals surface area (Å²) in [6, 6.07) is 6.80. The second kappa shape index (κ2) is 6.93. The molecule has 4 rings (SSSR count). The highest BCUT2D eigenvalue weighted by Crippen LogP contribution is 2.32. The predicted molar refractivity (Wildman–Crippen MR) is 93.1 cm³/mol. The van der Waals surface area contributed by atoms with E-state index >= 15 is 0 Å². The Morgan fingerprint density at radius 3 is 3.12 bits per heavy atom. The van der Waals surface area contributed by atoms with E-state index in [4.69, 9.17) is 4.74 Å². The topological polar surface area (TPSA) is 52.0 Å². The summed E-state index contributed by atoms with van der Waals surface area (Å²) in [7, 11) is 0. The Morgan fingerprint density at radius 2 is 2.17 bits per heavy atom. The van der Waals surface area contributed by atoms with Crippen molar-refractivity contribution in [2.75, 3.05) is 6.61 Å². The smallest absolute Gasteiger partial charge is 0.147 e. The molecule has 2 aliphatic rings. The number of ether oxygens (including phenoxy) is 1. The molecule has 1 N–H and O–H groups in total. The zero-order chi connectivity index (χ0) is 16.4. The molecular weight excluding hydrogens is 300 g/mol. The average Bonchev–Trinajstić information content (AvgIpc) is 2.77. The van der Waals surface area contributed by atoms with E-state index in [1.54, 1.807) is 0 Å². The van der Waals surface area contributed by atoms with Gasteiger partial charge in [0, 0.05) is 24.6 Å². The molecule has 2 aliphatic heterocycles. The van der Waals surface area contributed by atoms with E-state index in [-0.39, 0.29) is 0 Å². The standard InChI is InChI=1S/C19H26N4O/c1-14-8-9-17-15(12-14)16(6-5-11-24-17)20-13-19-22-21-18-7-3-2-4-10-23(18)19/h8-9,12,16,20H,2-7,10-11,13H2,1H3/t16-/m1/s1. The molecule has 1 atom stereocenters. The van der Waals surface area contributed by atoms with Crippen molar-refractivity contribution >= 4 is 0 Å². The molecule has 5 nitrogen and oxygen atoms in total. The number of aromatic nitrogens is 3. The summed E-state index contributed by atoms with van der Waals surface area (Å²) in [5.41, 5.74) is 2.56. The van der Waals surface area contributed by atoms with Gasteiger partial charge in [-0.15, -0.1) is 10.2 Å². The molecule has 0 unspecified atom stereocenters. The van der Waals surface area contributed by atoms with Crippen molar-refractivity contribution in [1.29, 1.82) is 0 Å². The molecular formula is C19H26N4O. The molecule has 0 saturated heterocycles. The van der Waals surface area contributed by atoms with Crippen LogP contribution in [0, 0.1) is 6.92 Å². The molecule has 0 fully saturated rings. The fourth-order valence-corrected chi connectivity index (χ4v) is 3.80. The van der Waals surface area contributed by atoms with Crippen LogP contribution in [-0.4, -0.2) is 21.4 Å². The maximum atomic E-state index is 5.90. The first-order chi connectivity index (χ1) is 11.8. The number of nitrogens with one attached hydrogen (secondary N) is 1. The predicted octanol–water partition coefficient (Wildman–Crippen LogP) is 3.32. The summed E-state index contributed by atoms with van der Waals surface area (Å²) in [5, 5.41) is 12.6. The minimum Gasteiger partial charge on any atom is -0.493 e. The summed E-state index contributed by atoms with van der Waals surface area (Å²) < 4.78 is 8.23. The molecule has 1 aromatic carbocycles. The summed E-state index contributed by atoms with van der Waals surface area (Å²) in [5.74, 6) is 3.26. The van der Waals surface area contributed by atoms with Gasteiger partial charge < -0.3 is 14.6 Å². The molecule has 3 heterocycles. The maximum absolute atomic E-state index is 5.90. The monoisotopic (exact) mass is 326 g/mol. The molecule has 24 heavy (non-hydrogen) atoms. The molecule has 0 bridgehead atoms. The van der Waals surface area contributed by atoms with Crippen molar-refractivity contribution in [3.63, 3.8) is 0 Å².